The first kappa shape index (κ1) is 26.5. The van der Waals surface area contributed by atoms with E-state index in [1.54, 1.807) is 0 Å². The van der Waals surface area contributed by atoms with Gasteiger partial charge in [0.25, 0.3) is 5.91 Å². The number of sulfone groups is 1. The van der Waals surface area contributed by atoms with Gasteiger partial charge in [0.15, 0.2) is 14.8 Å². The summed E-state index contributed by atoms with van der Waals surface area (Å²) in [6, 6.07) is 3.34. The van der Waals surface area contributed by atoms with E-state index in [0.29, 0.717) is 11.0 Å². The van der Waals surface area contributed by atoms with Gasteiger partial charge in [-0.2, -0.15) is 22.0 Å². The highest BCUT2D eigenvalue weighted by Crippen LogP contribution is 2.45. The molecule has 0 saturated carbocycles. The summed E-state index contributed by atoms with van der Waals surface area (Å²) in [7, 11) is -3.23. The fraction of sp³-hybridized carbons (Fsp3) is 0.263. The van der Waals surface area contributed by atoms with Crippen molar-refractivity contribution in [2.75, 3.05) is 17.7 Å². The Hall–Kier alpha value is -3.14. The summed E-state index contributed by atoms with van der Waals surface area (Å²) in [4.78, 5) is 16.6. The Kier molecular flexibility index (Phi) is 6.91. The third-order valence-corrected chi connectivity index (χ3v) is 7.41. The van der Waals surface area contributed by atoms with Gasteiger partial charge in [0.05, 0.1) is 10.6 Å². The van der Waals surface area contributed by atoms with E-state index in [-0.39, 0.29) is 22.5 Å². The van der Waals surface area contributed by atoms with Crippen molar-refractivity contribution in [2.24, 2.45) is 0 Å². The molecule has 7 nitrogen and oxygen atoms in total. The predicted octanol–water partition coefficient (Wildman–Crippen LogP) is 4.60. The number of aromatic nitrogens is 3. The van der Waals surface area contributed by atoms with Gasteiger partial charge in [-0.15, -0.1) is 10.2 Å². The zero-order chi connectivity index (χ0) is 26.3. The monoisotopic (exact) mass is 542 g/mol. The third-order valence-electron chi connectivity index (χ3n) is 4.60. The van der Waals surface area contributed by atoms with Crippen LogP contribution < -0.4 is 4.90 Å². The maximum absolute atomic E-state index is 13.6. The minimum absolute atomic E-state index is 0.0577. The van der Waals surface area contributed by atoms with E-state index in [2.05, 4.69) is 15.2 Å². The van der Waals surface area contributed by atoms with Gasteiger partial charge in [-0.25, -0.2) is 22.2 Å². The summed E-state index contributed by atoms with van der Waals surface area (Å²) in [5.41, 5.74) is -0.856. The van der Waals surface area contributed by atoms with Crippen LogP contribution in [0.3, 0.4) is 0 Å². The minimum Gasteiger partial charge on any atom is -0.284 e. The Morgan fingerprint density at radius 1 is 1.00 bits per heavy atom. The number of hydrogen-bond acceptors (Lipinski definition) is 7. The first-order chi connectivity index (χ1) is 16.1. The second kappa shape index (κ2) is 9.14. The molecule has 0 N–H and O–H groups in total. The summed E-state index contributed by atoms with van der Waals surface area (Å²) in [5, 5.41) is 3.56. The molecule has 0 saturated heterocycles. The van der Waals surface area contributed by atoms with Crippen LogP contribution >= 0.6 is 11.3 Å². The molecule has 0 unspecified atom stereocenters. The van der Waals surface area contributed by atoms with Gasteiger partial charge in [0.2, 0.25) is 5.13 Å². The number of benzene rings is 1. The molecule has 3 rings (SSSR count). The molecule has 1 amide bonds. The molecule has 188 valence electrons. The summed E-state index contributed by atoms with van der Waals surface area (Å²) >= 11 is -0.228. The van der Waals surface area contributed by atoms with E-state index >= 15 is 0 Å². The molecule has 2 heterocycles. The molecule has 0 aliphatic carbocycles. The van der Waals surface area contributed by atoms with Crippen LogP contribution in [0.2, 0.25) is 0 Å². The summed E-state index contributed by atoms with van der Waals surface area (Å²) in [6.45, 7) is 1.25. The minimum atomic E-state index is -5.96. The van der Waals surface area contributed by atoms with Crippen molar-refractivity contribution in [1.29, 1.82) is 0 Å². The highest BCUT2D eigenvalue weighted by molar-refractivity contribution is 7.91. The van der Waals surface area contributed by atoms with Crippen LogP contribution in [0, 0.1) is 11.6 Å². The molecule has 16 heteroatoms. The van der Waals surface area contributed by atoms with Crippen LogP contribution in [-0.2, 0) is 15.8 Å². The Morgan fingerprint density at radius 3 is 2.14 bits per heavy atom. The van der Waals surface area contributed by atoms with Crippen LogP contribution in [0.15, 0.2) is 35.4 Å². The smallest absolute Gasteiger partial charge is 0.284 e. The zero-order valence-electron chi connectivity index (χ0n) is 17.6. The second-order valence-corrected chi connectivity index (χ2v) is 10.2. The number of carbonyl (C=O) groups is 1. The Bertz CT molecular complexity index is 1370. The number of anilines is 1. The van der Waals surface area contributed by atoms with Crippen molar-refractivity contribution in [1.82, 2.24) is 15.2 Å². The van der Waals surface area contributed by atoms with Crippen LogP contribution in [0.5, 0.6) is 0 Å². The molecule has 3 aromatic rings. The number of hydrogen-bond donors (Lipinski definition) is 0. The fourth-order valence-electron chi connectivity index (χ4n) is 2.72. The van der Waals surface area contributed by atoms with Crippen molar-refractivity contribution in [3.8, 4) is 11.1 Å². The largest absolute Gasteiger partial charge is 0.460 e. The number of alkyl halides is 5. The van der Waals surface area contributed by atoms with E-state index in [4.69, 9.17) is 0 Å². The topological polar surface area (TPSA) is 93.1 Å². The molecular formula is C19H13F7N4O3S2. The van der Waals surface area contributed by atoms with E-state index in [1.807, 2.05) is 0 Å². The lowest BCUT2D eigenvalue weighted by Gasteiger charge is -2.17. The average molecular weight is 542 g/mol. The molecule has 0 radical (unpaired) electrons. The average Bonchev–Trinajstić information content (AvgIpc) is 3.27. The Balaban J connectivity index is 2.06. The third kappa shape index (κ3) is 5.12. The summed E-state index contributed by atoms with van der Waals surface area (Å²) in [5.74, 6) is -8.97. The van der Waals surface area contributed by atoms with E-state index in [0.717, 1.165) is 31.4 Å². The molecule has 1 aromatic carbocycles. The maximum atomic E-state index is 13.6. The second-order valence-electron chi connectivity index (χ2n) is 6.96. The molecule has 0 atom stereocenters. The number of pyridine rings is 1. The molecule has 0 aliphatic rings. The van der Waals surface area contributed by atoms with Crippen LogP contribution in [0.4, 0.5) is 35.9 Å². The number of amides is 1. The van der Waals surface area contributed by atoms with Crippen molar-refractivity contribution >= 4 is 32.2 Å². The van der Waals surface area contributed by atoms with Crippen molar-refractivity contribution in [3.05, 3.63) is 52.8 Å². The van der Waals surface area contributed by atoms with E-state index in [9.17, 15) is 43.9 Å². The lowest BCUT2D eigenvalue weighted by molar-refractivity contribution is -0.289. The molecular weight excluding hydrogens is 529 g/mol. The van der Waals surface area contributed by atoms with Crippen molar-refractivity contribution < 1.29 is 43.9 Å². The quantitative estimate of drug-likeness (QED) is 0.423. The summed E-state index contributed by atoms with van der Waals surface area (Å²) in [6.07, 6.45) is -5.00. The van der Waals surface area contributed by atoms with Crippen LogP contribution in [0.25, 0.3) is 11.1 Å². The SMILES string of the molecule is CCS(=O)(=O)c1cc(-c2cc(F)cc(F)c2)cnc1C(=O)N(C)c1nnc(C(F)(F)C(F)(F)F)s1. The lowest BCUT2D eigenvalue weighted by Crippen LogP contribution is -2.33. The first-order valence-corrected chi connectivity index (χ1v) is 11.8. The van der Waals surface area contributed by atoms with Crippen LogP contribution in [0.1, 0.15) is 22.4 Å². The normalized spacial score (nSPS) is 12.6. The summed E-state index contributed by atoms with van der Waals surface area (Å²) < 4.78 is 117. The van der Waals surface area contributed by atoms with Gasteiger partial charge < -0.3 is 0 Å². The van der Waals surface area contributed by atoms with Crippen molar-refractivity contribution in [3.63, 3.8) is 0 Å². The number of halogens is 7. The number of carbonyl (C=O) groups excluding carboxylic acids is 1. The van der Waals surface area contributed by atoms with Gasteiger partial charge in [-0.3, -0.25) is 9.69 Å². The highest BCUT2D eigenvalue weighted by atomic mass is 32.2. The molecule has 0 fully saturated rings. The fourth-order valence-corrected chi connectivity index (χ4v) is 4.57. The Morgan fingerprint density at radius 2 is 1.60 bits per heavy atom. The van der Waals surface area contributed by atoms with Gasteiger partial charge in [0, 0.05) is 24.9 Å². The predicted molar refractivity (Wildman–Crippen MR) is 110 cm³/mol. The van der Waals surface area contributed by atoms with Gasteiger partial charge >= 0.3 is 12.1 Å². The van der Waals surface area contributed by atoms with Gasteiger partial charge in [-0.05, 0) is 23.8 Å². The van der Waals surface area contributed by atoms with Gasteiger partial charge in [0.1, 0.15) is 17.3 Å². The lowest BCUT2D eigenvalue weighted by atomic mass is 10.1. The molecule has 35 heavy (non-hydrogen) atoms. The van der Waals surface area contributed by atoms with Gasteiger partial charge in [-0.1, -0.05) is 18.3 Å². The van der Waals surface area contributed by atoms with E-state index in [1.165, 1.54) is 6.92 Å². The van der Waals surface area contributed by atoms with Crippen LogP contribution in [-0.4, -0.2) is 48.5 Å². The Labute approximate surface area is 197 Å². The molecule has 0 bridgehead atoms. The molecule has 0 spiro atoms. The first-order valence-electron chi connectivity index (χ1n) is 9.34. The van der Waals surface area contributed by atoms with E-state index < -0.39 is 66.0 Å². The highest BCUT2D eigenvalue weighted by Gasteiger charge is 2.61. The standard InChI is InChI=1S/C19H13F7N4O3S2/c1-3-35(32,33)13-6-10(9-4-11(20)7-12(21)5-9)8-27-14(13)15(31)30(2)17-29-28-16(34-17)18(22,23)19(24,25)26/h4-8H,3H2,1-2H3. The maximum Gasteiger partial charge on any atom is 0.460 e. The zero-order valence-corrected chi connectivity index (χ0v) is 19.2. The molecule has 2 aromatic heterocycles. The molecule has 0 aliphatic heterocycles. The number of rotatable bonds is 6. The van der Waals surface area contributed by atoms with Crippen molar-refractivity contribution in [2.45, 2.75) is 23.9 Å². The number of nitrogens with zero attached hydrogens (tertiary/aromatic N) is 4.